The Kier molecular flexibility index (Phi) is 6.17. The van der Waals surface area contributed by atoms with Gasteiger partial charge in [0.15, 0.2) is 5.84 Å². The Hall–Kier alpha value is -2.59. The van der Waals surface area contributed by atoms with Gasteiger partial charge in [-0.3, -0.25) is 15.6 Å². The third-order valence-electron chi connectivity index (χ3n) is 2.40. The quantitative estimate of drug-likeness (QED) is 0.362. The number of benzene rings is 1. The summed E-state index contributed by atoms with van der Waals surface area (Å²) in [5, 5.41) is 22.6. The number of amides is 1. The Balaban J connectivity index is 2.94. The minimum absolute atomic E-state index is 0.248. The van der Waals surface area contributed by atoms with Gasteiger partial charge in [-0.2, -0.15) is 10.4 Å². The molecule has 1 aromatic rings. The number of nitrogens with two attached hydrogens (primary N) is 1. The van der Waals surface area contributed by atoms with E-state index in [0.29, 0.717) is 22.8 Å². The number of hydrazone groups is 1. The molecule has 1 rings (SSSR count). The van der Waals surface area contributed by atoms with Crippen molar-refractivity contribution in [2.75, 3.05) is 12.0 Å². The van der Waals surface area contributed by atoms with Crippen LogP contribution in [0.1, 0.15) is 23.7 Å². The van der Waals surface area contributed by atoms with E-state index in [-0.39, 0.29) is 11.6 Å². The van der Waals surface area contributed by atoms with Crippen molar-refractivity contribution in [3.63, 3.8) is 0 Å². The summed E-state index contributed by atoms with van der Waals surface area (Å²) in [5.41, 5.74) is 8.24. The molecule has 110 valence electrons. The Morgan fingerprint density at radius 2 is 2.29 bits per heavy atom. The van der Waals surface area contributed by atoms with E-state index in [1.165, 1.54) is 6.07 Å². The predicted octanol–water partition coefficient (Wildman–Crippen LogP) is 1.71. The maximum atomic E-state index is 11.9. The molecule has 0 bridgehead atoms. The highest BCUT2D eigenvalue weighted by Gasteiger charge is 2.10. The molecule has 0 aliphatic rings. The molecular formula is C13H15ClN6O. The Labute approximate surface area is 127 Å². The topological polar surface area (TPSA) is 127 Å². The zero-order chi connectivity index (χ0) is 15.8. The van der Waals surface area contributed by atoms with E-state index in [4.69, 9.17) is 28.0 Å². The molecule has 0 aliphatic heterocycles. The minimum atomic E-state index is -0.445. The van der Waals surface area contributed by atoms with Gasteiger partial charge in [-0.05, 0) is 24.6 Å². The van der Waals surface area contributed by atoms with Crippen molar-refractivity contribution in [3.05, 3.63) is 28.8 Å². The van der Waals surface area contributed by atoms with Crippen LogP contribution in [0.3, 0.4) is 0 Å². The van der Waals surface area contributed by atoms with Gasteiger partial charge in [-0.25, -0.2) is 0 Å². The summed E-state index contributed by atoms with van der Waals surface area (Å²) in [6, 6.07) is 6.32. The number of nitrogens with one attached hydrogen (secondary N) is 3. The Morgan fingerprint density at radius 3 is 2.86 bits per heavy atom. The zero-order valence-electron chi connectivity index (χ0n) is 11.4. The summed E-state index contributed by atoms with van der Waals surface area (Å²) in [7, 11) is 0. The van der Waals surface area contributed by atoms with Crippen LogP contribution < -0.4 is 16.5 Å². The van der Waals surface area contributed by atoms with Crippen molar-refractivity contribution in [2.45, 2.75) is 13.3 Å². The number of hydrogen-bond donors (Lipinski definition) is 4. The number of carbonyl (C=O) groups excluding carboxylic acids is 1. The van der Waals surface area contributed by atoms with Gasteiger partial charge in [0.25, 0.3) is 5.91 Å². The van der Waals surface area contributed by atoms with E-state index in [1.807, 2.05) is 6.92 Å². The van der Waals surface area contributed by atoms with E-state index < -0.39 is 5.84 Å². The number of nitriles is 1. The highest BCUT2D eigenvalue weighted by molar-refractivity contribution is 6.45. The second-order valence-electron chi connectivity index (χ2n) is 4.05. The summed E-state index contributed by atoms with van der Waals surface area (Å²) >= 11 is 5.98. The van der Waals surface area contributed by atoms with Gasteiger partial charge in [-0.15, -0.1) is 0 Å². The van der Waals surface area contributed by atoms with Crippen LogP contribution in [-0.2, 0) is 0 Å². The molecule has 0 atom stereocenters. The van der Waals surface area contributed by atoms with Crippen LogP contribution >= 0.6 is 11.6 Å². The van der Waals surface area contributed by atoms with Crippen LogP contribution in [0, 0.1) is 16.7 Å². The first-order valence-corrected chi connectivity index (χ1v) is 6.53. The van der Waals surface area contributed by atoms with Crippen molar-refractivity contribution >= 4 is 34.7 Å². The monoisotopic (exact) mass is 306 g/mol. The molecule has 0 spiro atoms. The van der Waals surface area contributed by atoms with Gasteiger partial charge in [0, 0.05) is 6.54 Å². The molecule has 0 radical (unpaired) electrons. The third-order valence-corrected chi connectivity index (χ3v) is 2.73. The standard InChI is InChI=1S/C13H15ClN6O/c1-2-5-18-13(21)9-6-8(3-4-10(9)14)19-20-11(7-15)12(16)17/h3-4,6,19H,2,5H2,1H3,(H3,16,17)(H,18,21)/b20-11+. The lowest BCUT2D eigenvalue weighted by molar-refractivity contribution is 0.0954. The van der Waals surface area contributed by atoms with Gasteiger partial charge in [-0.1, -0.05) is 18.5 Å². The molecule has 0 saturated carbocycles. The number of nitrogens with zero attached hydrogens (tertiary/aromatic N) is 2. The van der Waals surface area contributed by atoms with Crippen molar-refractivity contribution < 1.29 is 4.79 Å². The van der Waals surface area contributed by atoms with Gasteiger partial charge < -0.3 is 11.1 Å². The lowest BCUT2D eigenvalue weighted by Gasteiger charge is -2.08. The molecule has 21 heavy (non-hydrogen) atoms. The van der Waals surface area contributed by atoms with Crippen molar-refractivity contribution in [3.8, 4) is 6.07 Å². The second kappa shape index (κ2) is 7.87. The summed E-state index contributed by atoms with van der Waals surface area (Å²) in [6.07, 6.45) is 0.815. The summed E-state index contributed by atoms with van der Waals surface area (Å²) < 4.78 is 0. The van der Waals surface area contributed by atoms with Crippen LogP contribution in [-0.4, -0.2) is 24.0 Å². The average molecular weight is 307 g/mol. The molecule has 1 amide bonds. The van der Waals surface area contributed by atoms with E-state index in [9.17, 15) is 4.79 Å². The summed E-state index contributed by atoms with van der Waals surface area (Å²) in [6.45, 7) is 2.49. The molecule has 5 N–H and O–H groups in total. The van der Waals surface area contributed by atoms with Crippen LogP contribution in [0.15, 0.2) is 23.3 Å². The molecule has 0 unspecified atom stereocenters. The van der Waals surface area contributed by atoms with Gasteiger partial charge in [0.2, 0.25) is 5.71 Å². The lowest BCUT2D eigenvalue weighted by atomic mass is 10.2. The SMILES string of the molecule is CCCNC(=O)c1cc(N/N=C(\C#N)C(=N)N)ccc1Cl. The number of rotatable bonds is 6. The Bertz CT molecular complexity index is 620. The van der Waals surface area contributed by atoms with Crippen molar-refractivity contribution in [1.82, 2.24) is 5.32 Å². The zero-order valence-corrected chi connectivity index (χ0v) is 12.2. The number of carbonyl (C=O) groups is 1. The molecule has 0 heterocycles. The predicted molar refractivity (Wildman–Crippen MR) is 82.7 cm³/mol. The highest BCUT2D eigenvalue weighted by atomic mass is 35.5. The van der Waals surface area contributed by atoms with Crippen LogP contribution in [0.5, 0.6) is 0 Å². The molecule has 7 nitrogen and oxygen atoms in total. The Morgan fingerprint density at radius 1 is 1.57 bits per heavy atom. The van der Waals surface area contributed by atoms with Gasteiger partial charge >= 0.3 is 0 Å². The van der Waals surface area contributed by atoms with Crippen LogP contribution in [0.25, 0.3) is 0 Å². The molecule has 1 aromatic carbocycles. The highest BCUT2D eigenvalue weighted by Crippen LogP contribution is 2.20. The molecule has 0 aromatic heterocycles. The van der Waals surface area contributed by atoms with E-state index in [2.05, 4.69) is 15.8 Å². The fraction of sp³-hybridized carbons (Fsp3) is 0.231. The fourth-order valence-electron chi connectivity index (χ4n) is 1.37. The fourth-order valence-corrected chi connectivity index (χ4v) is 1.57. The minimum Gasteiger partial charge on any atom is -0.382 e. The summed E-state index contributed by atoms with van der Waals surface area (Å²) in [5.74, 6) is -0.735. The van der Waals surface area contributed by atoms with Gasteiger partial charge in [0.1, 0.15) is 6.07 Å². The van der Waals surface area contributed by atoms with Crippen molar-refractivity contribution in [1.29, 1.82) is 10.7 Å². The molecule has 0 fully saturated rings. The number of hydrogen-bond acceptors (Lipinski definition) is 5. The van der Waals surface area contributed by atoms with E-state index >= 15 is 0 Å². The largest absolute Gasteiger partial charge is 0.382 e. The molecule has 0 aliphatic carbocycles. The normalized spacial score (nSPS) is 10.6. The third kappa shape index (κ3) is 4.78. The molecule has 8 heteroatoms. The lowest BCUT2D eigenvalue weighted by Crippen LogP contribution is -2.24. The molecular weight excluding hydrogens is 292 g/mol. The maximum absolute atomic E-state index is 11.9. The van der Waals surface area contributed by atoms with Crippen LogP contribution in [0.2, 0.25) is 5.02 Å². The smallest absolute Gasteiger partial charge is 0.252 e. The number of halogens is 1. The first-order valence-electron chi connectivity index (χ1n) is 6.15. The van der Waals surface area contributed by atoms with E-state index in [0.717, 1.165) is 6.42 Å². The maximum Gasteiger partial charge on any atom is 0.252 e. The summed E-state index contributed by atoms with van der Waals surface area (Å²) in [4.78, 5) is 11.9. The first-order chi connectivity index (χ1) is 9.99. The average Bonchev–Trinajstić information content (AvgIpc) is 2.46. The van der Waals surface area contributed by atoms with Crippen molar-refractivity contribution in [2.24, 2.45) is 10.8 Å². The molecule has 0 saturated heterocycles. The number of amidine groups is 1. The second-order valence-corrected chi connectivity index (χ2v) is 4.46. The van der Waals surface area contributed by atoms with Gasteiger partial charge in [0.05, 0.1) is 16.3 Å². The first kappa shape index (κ1) is 16.5. The van der Waals surface area contributed by atoms with E-state index in [1.54, 1.807) is 18.2 Å². The van der Waals surface area contributed by atoms with Crippen LogP contribution in [0.4, 0.5) is 5.69 Å². The number of anilines is 1.